The Labute approximate surface area is 110 Å². The zero-order valence-corrected chi connectivity index (χ0v) is 10.7. The quantitative estimate of drug-likeness (QED) is 0.821. The van der Waals surface area contributed by atoms with Crippen LogP contribution >= 0.6 is 23.2 Å². The first-order chi connectivity index (χ1) is 8.13. The van der Waals surface area contributed by atoms with Crippen LogP contribution in [0.25, 0.3) is 0 Å². The van der Waals surface area contributed by atoms with Crippen LogP contribution in [-0.2, 0) is 10.2 Å². The van der Waals surface area contributed by atoms with Gasteiger partial charge in [-0.2, -0.15) is 5.26 Å². The van der Waals surface area contributed by atoms with E-state index in [2.05, 4.69) is 6.07 Å². The molecule has 2 aliphatic rings. The molecule has 0 unspecified atom stereocenters. The summed E-state index contributed by atoms with van der Waals surface area (Å²) in [4.78, 5) is 0. The van der Waals surface area contributed by atoms with Crippen LogP contribution in [0.3, 0.4) is 0 Å². The van der Waals surface area contributed by atoms with Gasteiger partial charge in [-0.3, -0.25) is 0 Å². The maximum absolute atomic E-state index is 9.39. The van der Waals surface area contributed by atoms with E-state index < -0.39 is 0 Å². The van der Waals surface area contributed by atoms with Crippen LogP contribution in [0.15, 0.2) is 18.2 Å². The number of benzene rings is 1. The highest BCUT2D eigenvalue weighted by atomic mass is 35.5. The fraction of sp³-hybridized carbons (Fsp3) is 0.462. The molecule has 1 saturated heterocycles. The van der Waals surface area contributed by atoms with Crippen LogP contribution in [0.4, 0.5) is 0 Å². The zero-order chi connectivity index (χ0) is 12.1. The van der Waals surface area contributed by atoms with Gasteiger partial charge in [0.25, 0.3) is 0 Å². The van der Waals surface area contributed by atoms with Crippen molar-refractivity contribution < 1.29 is 4.74 Å². The Morgan fingerprint density at radius 3 is 2.35 bits per heavy atom. The molecule has 3 rings (SSSR count). The van der Waals surface area contributed by atoms with Gasteiger partial charge in [-0.25, -0.2) is 0 Å². The van der Waals surface area contributed by atoms with E-state index in [9.17, 15) is 5.26 Å². The Hall–Kier alpha value is -0.750. The molecule has 17 heavy (non-hydrogen) atoms. The molecule has 0 N–H and O–H groups in total. The molecule has 2 fully saturated rings. The van der Waals surface area contributed by atoms with Gasteiger partial charge in [-0.05, 0) is 30.5 Å². The number of nitrogens with zero attached hydrogens (tertiary/aromatic N) is 1. The normalized spacial score (nSPS) is 23.6. The molecule has 1 aliphatic heterocycles. The van der Waals surface area contributed by atoms with Crippen molar-refractivity contribution >= 4 is 23.2 Å². The van der Waals surface area contributed by atoms with E-state index in [-0.39, 0.29) is 10.8 Å². The summed E-state index contributed by atoms with van der Waals surface area (Å²) in [6.07, 6.45) is 1.87. The number of rotatable bonds is 2. The molecule has 0 radical (unpaired) electrons. The van der Waals surface area contributed by atoms with E-state index in [0.29, 0.717) is 23.3 Å². The minimum absolute atomic E-state index is 0.219. The van der Waals surface area contributed by atoms with Gasteiger partial charge in [0, 0.05) is 10.0 Å². The van der Waals surface area contributed by atoms with E-state index in [1.165, 1.54) is 0 Å². The molecule has 0 atom stereocenters. The first-order valence-corrected chi connectivity index (χ1v) is 6.34. The monoisotopic (exact) mass is 267 g/mol. The topological polar surface area (TPSA) is 33.0 Å². The predicted octanol–water partition coefficient (Wildman–Crippen LogP) is 3.57. The maximum atomic E-state index is 9.39. The Kier molecular flexibility index (Phi) is 2.42. The summed E-state index contributed by atoms with van der Waals surface area (Å²) in [5, 5.41) is 10.7. The van der Waals surface area contributed by atoms with Crippen molar-refractivity contribution in [3.8, 4) is 6.07 Å². The minimum Gasteiger partial charge on any atom is -0.379 e. The van der Waals surface area contributed by atoms with E-state index in [0.717, 1.165) is 18.4 Å². The molecule has 0 amide bonds. The highest BCUT2D eigenvalue weighted by molar-refractivity contribution is 6.35. The van der Waals surface area contributed by atoms with Gasteiger partial charge in [0.1, 0.15) is 0 Å². The van der Waals surface area contributed by atoms with Crippen molar-refractivity contribution in [3.05, 3.63) is 33.8 Å². The lowest BCUT2D eigenvalue weighted by molar-refractivity contribution is -0.0866. The van der Waals surface area contributed by atoms with Gasteiger partial charge in [-0.1, -0.05) is 29.3 Å². The largest absolute Gasteiger partial charge is 0.379 e. The van der Waals surface area contributed by atoms with Crippen LogP contribution in [-0.4, -0.2) is 13.2 Å². The van der Waals surface area contributed by atoms with Crippen molar-refractivity contribution in [2.24, 2.45) is 5.41 Å². The number of nitriles is 1. The van der Waals surface area contributed by atoms with Crippen molar-refractivity contribution in [3.63, 3.8) is 0 Å². The fourth-order valence-corrected chi connectivity index (χ4v) is 3.29. The van der Waals surface area contributed by atoms with Crippen molar-refractivity contribution in [2.45, 2.75) is 18.3 Å². The van der Waals surface area contributed by atoms with Gasteiger partial charge in [-0.15, -0.1) is 0 Å². The summed E-state index contributed by atoms with van der Waals surface area (Å²) < 4.78 is 5.36. The lowest BCUT2D eigenvalue weighted by atomic mass is 9.66. The predicted molar refractivity (Wildman–Crippen MR) is 66.2 cm³/mol. The van der Waals surface area contributed by atoms with Crippen molar-refractivity contribution in [1.29, 1.82) is 5.26 Å². The second-order valence-electron chi connectivity index (χ2n) is 4.89. The summed E-state index contributed by atoms with van der Waals surface area (Å²) in [5.41, 5.74) is 0.514. The second-order valence-corrected chi connectivity index (χ2v) is 5.74. The molecule has 1 aromatic rings. The highest BCUT2D eigenvalue weighted by Gasteiger charge is 2.65. The van der Waals surface area contributed by atoms with Crippen LogP contribution in [0.5, 0.6) is 0 Å². The molecule has 0 bridgehead atoms. The molecule has 0 spiro atoms. The Balaban J connectivity index is 2.10. The van der Waals surface area contributed by atoms with Gasteiger partial charge in [0.05, 0.1) is 30.1 Å². The summed E-state index contributed by atoms with van der Waals surface area (Å²) in [5.74, 6) is 0. The van der Waals surface area contributed by atoms with E-state index in [4.69, 9.17) is 27.9 Å². The third kappa shape index (κ3) is 1.43. The Morgan fingerprint density at radius 1 is 1.24 bits per heavy atom. The molecule has 1 saturated carbocycles. The van der Waals surface area contributed by atoms with Crippen molar-refractivity contribution in [2.75, 3.05) is 13.2 Å². The van der Waals surface area contributed by atoms with E-state index in [1.54, 1.807) is 6.07 Å². The van der Waals surface area contributed by atoms with Crippen LogP contribution in [0, 0.1) is 16.7 Å². The first-order valence-electron chi connectivity index (χ1n) is 5.58. The fourth-order valence-electron chi connectivity index (χ4n) is 2.70. The van der Waals surface area contributed by atoms with Crippen molar-refractivity contribution in [1.82, 2.24) is 0 Å². The Morgan fingerprint density at radius 2 is 1.94 bits per heavy atom. The summed E-state index contributed by atoms with van der Waals surface area (Å²) in [7, 11) is 0. The maximum Gasteiger partial charge on any atom is 0.0716 e. The Bertz CT molecular complexity index is 513. The lowest BCUT2D eigenvalue weighted by Gasteiger charge is -2.46. The van der Waals surface area contributed by atoms with Crippen LogP contribution in [0.1, 0.15) is 18.4 Å². The molecule has 1 aliphatic carbocycles. The minimum atomic E-state index is -0.275. The third-order valence-corrected chi connectivity index (χ3v) is 4.57. The average Bonchev–Trinajstić information content (AvgIpc) is 3.01. The van der Waals surface area contributed by atoms with E-state index >= 15 is 0 Å². The molecule has 88 valence electrons. The molecule has 0 aromatic heterocycles. The van der Waals surface area contributed by atoms with Crippen LogP contribution < -0.4 is 0 Å². The molecular formula is C13H11Cl2NO. The molecule has 4 heteroatoms. The molecular weight excluding hydrogens is 257 g/mol. The average molecular weight is 268 g/mol. The number of hydrogen-bond donors (Lipinski definition) is 0. The second kappa shape index (κ2) is 3.62. The smallest absolute Gasteiger partial charge is 0.0716 e. The molecule has 2 nitrogen and oxygen atoms in total. The highest BCUT2D eigenvalue weighted by Crippen LogP contribution is 2.62. The number of hydrogen-bond acceptors (Lipinski definition) is 2. The summed E-state index contributed by atoms with van der Waals surface area (Å²) >= 11 is 12.2. The molecule has 1 heterocycles. The number of ether oxygens (including phenoxy) is 1. The SMILES string of the molecule is N#CC1(C2(c3ccc(Cl)cc3Cl)COC2)CC1. The third-order valence-electron chi connectivity index (χ3n) is 4.02. The van der Waals surface area contributed by atoms with Crippen LogP contribution in [0.2, 0.25) is 10.0 Å². The standard InChI is InChI=1S/C13H11Cl2NO/c14-9-1-2-10(11(15)5-9)13(7-17-8-13)12(6-16)3-4-12/h1-2,5H,3-4,7-8H2. The summed E-state index contributed by atoms with van der Waals surface area (Å²) in [6.45, 7) is 1.17. The summed E-state index contributed by atoms with van der Waals surface area (Å²) in [6, 6.07) is 7.97. The first kappa shape index (κ1) is 11.3. The van der Waals surface area contributed by atoms with E-state index in [1.807, 2.05) is 12.1 Å². The van der Waals surface area contributed by atoms with Gasteiger partial charge < -0.3 is 4.74 Å². The lowest BCUT2D eigenvalue weighted by Crippen LogP contribution is -2.53. The van der Waals surface area contributed by atoms with Gasteiger partial charge >= 0.3 is 0 Å². The molecule has 1 aromatic carbocycles. The van der Waals surface area contributed by atoms with Gasteiger partial charge in [0.2, 0.25) is 0 Å². The number of halogens is 2. The van der Waals surface area contributed by atoms with Gasteiger partial charge in [0.15, 0.2) is 0 Å². The zero-order valence-electron chi connectivity index (χ0n) is 9.17.